The van der Waals surface area contributed by atoms with Crippen LogP contribution in [0.4, 0.5) is 29.2 Å². The molecule has 0 saturated carbocycles. The van der Waals surface area contributed by atoms with Crippen LogP contribution in [0.3, 0.4) is 0 Å². The SMILES string of the molecule is CNC(=O)c1[nH]nc2nc(-c3cc(F)c(O)cc3CC(F)(F)F)nc(NCc3nccnc3N(C)S(C)=O)c12. The zero-order valence-corrected chi connectivity index (χ0v) is 21.4. The molecule has 206 valence electrons. The fraction of sp³-hybridized carbons (Fsp3) is 0.273. The van der Waals surface area contributed by atoms with Crippen LogP contribution in [-0.4, -0.2) is 71.9 Å². The first kappa shape index (κ1) is 27.6. The van der Waals surface area contributed by atoms with Crippen LogP contribution in [0, 0.1) is 5.82 Å². The van der Waals surface area contributed by atoms with E-state index in [-0.39, 0.29) is 46.3 Å². The number of hydrogen-bond acceptors (Lipinski definition) is 9. The number of aromatic nitrogens is 6. The Balaban J connectivity index is 1.87. The molecule has 39 heavy (non-hydrogen) atoms. The van der Waals surface area contributed by atoms with Crippen molar-refractivity contribution in [1.29, 1.82) is 0 Å². The number of carbonyl (C=O) groups is 1. The molecule has 0 aliphatic carbocycles. The molecule has 0 saturated heterocycles. The number of fused-ring (bicyclic) bond motifs is 1. The van der Waals surface area contributed by atoms with Gasteiger partial charge in [0.25, 0.3) is 5.91 Å². The first-order valence-corrected chi connectivity index (χ1v) is 12.6. The van der Waals surface area contributed by atoms with E-state index >= 15 is 0 Å². The van der Waals surface area contributed by atoms with Gasteiger partial charge >= 0.3 is 6.18 Å². The lowest BCUT2D eigenvalue weighted by Gasteiger charge is -2.18. The number of nitrogens with zero attached hydrogens (tertiary/aromatic N) is 6. The number of H-pyrrole nitrogens is 1. The monoisotopic (exact) mass is 567 g/mol. The Morgan fingerprint density at radius 1 is 1.21 bits per heavy atom. The number of aromatic hydroxyl groups is 1. The second kappa shape index (κ2) is 10.8. The number of halogens is 4. The average Bonchev–Trinajstić information content (AvgIpc) is 3.32. The number of benzene rings is 1. The first-order chi connectivity index (χ1) is 18.4. The summed E-state index contributed by atoms with van der Waals surface area (Å²) in [6, 6.07) is 1.35. The third-order valence-corrected chi connectivity index (χ3v) is 6.48. The minimum atomic E-state index is -4.68. The van der Waals surface area contributed by atoms with E-state index in [1.54, 1.807) is 7.05 Å². The van der Waals surface area contributed by atoms with Crippen LogP contribution in [0.15, 0.2) is 24.5 Å². The number of carbonyl (C=O) groups excluding carboxylic acids is 1. The third-order valence-electron chi connectivity index (χ3n) is 5.53. The molecule has 1 unspecified atom stereocenters. The molecule has 4 aromatic rings. The Bertz CT molecular complexity index is 1580. The number of phenols is 1. The summed E-state index contributed by atoms with van der Waals surface area (Å²) in [6.07, 6.45) is -1.91. The zero-order valence-electron chi connectivity index (χ0n) is 20.6. The van der Waals surface area contributed by atoms with Gasteiger partial charge in [0.1, 0.15) is 28.2 Å². The smallest absolute Gasteiger partial charge is 0.393 e. The normalized spacial score (nSPS) is 12.4. The number of alkyl halides is 3. The molecule has 0 aliphatic rings. The molecular weight excluding hydrogens is 546 g/mol. The van der Waals surface area contributed by atoms with Gasteiger partial charge < -0.3 is 15.7 Å². The standard InChI is InChI=1S/C22H21F4N9O3S/c1-27-21(37)16-15-18(30-9-13-20(29-5-4-28-13)35(2)39(3)38)31-17(32-19(15)34-33-16)11-7-12(23)14(36)6-10(11)8-22(24,25)26/h4-7,36H,8-9H2,1-3H3,(H,27,37)(H2,30,31,32,33,34). The number of hydrogen-bond donors (Lipinski definition) is 4. The van der Waals surface area contributed by atoms with Crippen LogP contribution in [0.2, 0.25) is 0 Å². The maximum absolute atomic E-state index is 14.3. The lowest BCUT2D eigenvalue weighted by atomic mass is 10.0. The van der Waals surface area contributed by atoms with Crippen molar-refractivity contribution in [3.63, 3.8) is 0 Å². The molecule has 12 nitrogen and oxygen atoms in total. The zero-order chi connectivity index (χ0) is 28.5. The highest BCUT2D eigenvalue weighted by Crippen LogP contribution is 2.34. The molecule has 0 bridgehead atoms. The van der Waals surface area contributed by atoms with Gasteiger partial charge in [-0.25, -0.2) is 23.6 Å². The van der Waals surface area contributed by atoms with Gasteiger partial charge in [-0.1, -0.05) is 0 Å². The average molecular weight is 568 g/mol. The second-order valence-corrected chi connectivity index (χ2v) is 9.52. The van der Waals surface area contributed by atoms with Gasteiger partial charge in [0.15, 0.2) is 28.9 Å². The summed E-state index contributed by atoms with van der Waals surface area (Å²) in [5, 5.41) is 21.7. The highest BCUT2D eigenvalue weighted by molar-refractivity contribution is 7.85. The summed E-state index contributed by atoms with van der Waals surface area (Å²) in [5.41, 5.74) is -0.615. The van der Waals surface area contributed by atoms with E-state index < -0.39 is 46.6 Å². The van der Waals surface area contributed by atoms with Crippen molar-refractivity contribution in [1.82, 2.24) is 35.5 Å². The summed E-state index contributed by atoms with van der Waals surface area (Å²) in [5.74, 6) is -2.82. The van der Waals surface area contributed by atoms with Crippen LogP contribution < -0.4 is 14.9 Å². The number of nitrogens with one attached hydrogen (secondary N) is 3. The Morgan fingerprint density at radius 3 is 2.59 bits per heavy atom. The van der Waals surface area contributed by atoms with Gasteiger partial charge in [0.2, 0.25) is 0 Å². The summed E-state index contributed by atoms with van der Waals surface area (Å²) in [7, 11) is 1.50. The Kier molecular flexibility index (Phi) is 7.62. The molecule has 0 aliphatic heterocycles. The van der Waals surface area contributed by atoms with Gasteiger partial charge in [-0.3, -0.25) is 19.2 Å². The summed E-state index contributed by atoms with van der Waals surface area (Å²) >= 11 is 0. The molecule has 1 amide bonds. The Labute approximate surface area is 220 Å². The minimum Gasteiger partial charge on any atom is -0.505 e. The second-order valence-electron chi connectivity index (χ2n) is 8.13. The molecule has 17 heteroatoms. The molecule has 4 rings (SSSR count). The molecule has 3 aromatic heterocycles. The van der Waals surface area contributed by atoms with Crippen molar-refractivity contribution >= 4 is 39.6 Å². The van der Waals surface area contributed by atoms with Gasteiger partial charge in [-0.2, -0.15) is 18.3 Å². The van der Waals surface area contributed by atoms with E-state index in [1.807, 2.05) is 0 Å². The van der Waals surface area contributed by atoms with E-state index in [0.717, 1.165) is 0 Å². The van der Waals surface area contributed by atoms with Crippen molar-refractivity contribution in [3.8, 4) is 17.1 Å². The van der Waals surface area contributed by atoms with Crippen LogP contribution in [0.25, 0.3) is 22.4 Å². The maximum atomic E-state index is 14.3. The number of rotatable bonds is 8. The van der Waals surface area contributed by atoms with Crippen molar-refractivity contribution in [2.45, 2.75) is 19.1 Å². The number of phenolic OH excluding ortho intramolecular Hbond substituents is 1. The van der Waals surface area contributed by atoms with Crippen molar-refractivity contribution in [2.75, 3.05) is 30.0 Å². The van der Waals surface area contributed by atoms with Crippen LogP contribution in [-0.2, 0) is 24.0 Å². The van der Waals surface area contributed by atoms with Gasteiger partial charge in [-0.05, 0) is 17.7 Å². The predicted molar refractivity (Wildman–Crippen MR) is 134 cm³/mol. The quantitative estimate of drug-likeness (QED) is 0.234. The Morgan fingerprint density at radius 2 is 1.92 bits per heavy atom. The van der Waals surface area contributed by atoms with E-state index in [1.165, 1.54) is 30.0 Å². The van der Waals surface area contributed by atoms with Gasteiger partial charge in [0.05, 0.1) is 18.4 Å². The summed E-state index contributed by atoms with van der Waals surface area (Å²) in [6.45, 7) is -0.0754. The molecule has 1 aromatic carbocycles. The first-order valence-electron chi connectivity index (χ1n) is 11.1. The summed E-state index contributed by atoms with van der Waals surface area (Å²) in [4.78, 5) is 29.4. The van der Waals surface area contributed by atoms with E-state index in [2.05, 4.69) is 40.8 Å². The number of amides is 1. The topological polar surface area (TPSA) is 162 Å². The minimum absolute atomic E-state index is 0.0364. The van der Waals surface area contributed by atoms with Crippen LogP contribution >= 0.6 is 0 Å². The summed E-state index contributed by atoms with van der Waals surface area (Å²) < 4.78 is 67.5. The predicted octanol–water partition coefficient (Wildman–Crippen LogP) is 2.46. The largest absolute Gasteiger partial charge is 0.505 e. The van der Waals surface area contributed by atoms with Gasteiger partial charge in [0, 0.05) is 38.3 Å². The van der Waals surface area contributed by atoms with Crippen LogP contribution in [0.5, 0.6) is 5.75 Å². The van der Waals surface area contributed by atoms with Crippen molar-refractivity contribution in [2.24, 2.45) is 0 Å². The Hall–Kier alpha value is -4.41. The fourth-order valence-electron chi connectivity index (χ4n) is 3.67. The molecule has 1 atom stereocenters. The number of aromatic amines is 1. The fourth-order valence-corrected chi connectivity index (χ4v) is 4.07. The van der Waals surface area contributed by atoms with Gasteiger partial charge in [-0.15, -0.1) is 0 Å². The highest BCUT2D eigenvalue weighted by atomic mass is 32.2. The van der Waals surface area contributed by atoms with Crippen molar-refractivity contribution < 1.29 is 31.7 Å². The van der Waals surface area contributed by atoms with E-state index in [4.69, 9.17) is 0 Å². The lowest BCUT2D eigenvalue weighted by molar-refractivity contribution is -0.127. The molecule has 0 radical (unpaired) electrons. The molecule has 0 spiro atoms. The lowest BCUT2D eigenvalue weighted by Crippen LogP contribution is -2.23. The maximum Gasteiger partial charge on any atom is 0.393 e. The number of anilines is 2. The highest BCUT2D eigenvalue weighted by Gasteiger charge is 2.31. The molecule has 0 fully saturated rings. The van der Waals surface area contributed by atoms with E-state index in [0.29, 0.717) is 17.8 Å². The van der Waals surface area contributed by atoms with Crippen molar-refractivity contribution in [3.05, 3.63) is 47.3 Å². The van der Waals surface area contributed by atoms with Crippen LogP contribution in [0.1, 0.15) is 21.7 Å². The molecular formula is C22H21F4N9O3S. The molecule has 3 heterocycles. The third kappa shape index (κ3) is 5.87. The molecule has 4 N–H and O–H groups in total. The van der Waals surface area contributed by atoms with E-state index in [9.17, 15) is 31.7 Å².